The molecule has 3 aromatic carbocycles. The van der Waals surface area contributed by atoms with Crippen molar-refractivity contribution in [2.24, 2.45) is 0 Å². The van der Waals surface area contributed by atoms with E-state index in [2.05, 4.69) is 31.9 Å². The van der Waals surface area contributed by atoms with Crippen LogP contribution >= 0.6 is 11.3 Å². The molecule has 10 heteroatoms. The first kappa shape index (κ1) is 28.2. The monoisotopic (exact) mass is 606 g/mol. The maximum absolute atomic E-state index is 13.3. The van der Waals surface area contributed by atoms with Gasteiger partial charge in [-0.15, -0.1) is 11.3 Å². The molecule has 44 heavy (non-hydrogen) atoms. The minimum Gasteiger partial charge on any atom is -0.380 e. The van der Waals surface area contributed by atoms with E-state index in [1.165, 1.54) is 30.6 Å². The molecule has 0 unspecified atom stereocenters. The smallest absolute Gasteiger partial charge is 0.267 e. The third-order valence-corrected chi connectivity index (χ3v) is 9.56. The molecule has 1 fully saturated rings. The molecule has 5 aromatic rings. The zero-order valence-corrected chi connectivity index (χ0v) is 25.2. The van der Waals surface area contributed by atoms with Crippen LogP contribution in [0.4, 0.5) is 28.4 Å². The Morgan fingerprint density at radius 3 is 2.68 bits per heavy atom. The molecule has 4 heterocycles. The Hall–Kier alpha value is -4.54. The van der Waals surface area contributed by atoms with Gasteiger partial charge in [0.2, 0.25) is 0 Å². The number of anilines is 5. The van der Waals surface area contributed by atoms with Crippen molar-refractivity contribution in [3.8, 4) is 0 Å². The van der Waals surface area contributed by atoms with Crippen molar-refractivity contribution in [1.29, 1.82) is 0 Å². The summed E-state index contributed by atoms with van der Waals surface area (Å²) in [4.78, 5) is 47.8. The number of likely N-dealkylation sites (tertiary alicyclic amines) is 1. The highest BCUT2D eigenvalue weighted by Crippen LogP contribution is 2.38. The zero-order valence-electron chi connectivity index (χ0n) is 24.4. The van der Waals surface area contributed by atoms with Crippen LogP contribution in [0, 0.1) is 0 Å². The maximum atomic E-state index is 13.3. The SMILES string of the molecule is O=C(Nc1ccc2c(c1)CCN2c1c(NCCN2CCCCC2)c(=O)c1=O)c1sccc1NCc1ccnc2ccccc12. The highest BCUT2D eigenvalue weighted by Gasteiger charge is 2.31. The molecule has 2 aliphatic heterocycles. The summed E-state index contributed by atoms with van der Waals surface area (Å²) in [5.74, 6) is -0.181. The van der Waals surface area contributed by atoms with Gasteiger partial charge in [0.15, 0.2) is 0 Å². The molecule has 0 bridgehead atoms. The summed E-state index contributed by atoms with van der Waals surface area (Å²) in [6.45, 7) is 4.86. The van der Waals surface area contributed by atoms with Gasteiger partial charge in [-0.05, 0) is 85.3 Å². The van der Waals surface area contributed by atoms with Crippen LogP contribution in [0.15, 0.2) is 75.8 Å². The molecule has 0 spiro atoms. The van der Waals surface area contributed by atoms with Crippen LogP contribution in [0.1, 0.15) is 40.1 Å². The number of rotatable bonds is 10. The Kier molecular flexibility index (Phi) is 7.84. The topological polar surface area (TPSA) is 107 Å². The molecule has 7 rings (SSSR count). The predicted molar refractivity (Wildman–Crippen MR) is 179 cm³/mol. The number of hydrogen-bond donors (Lipinski definition) is 3. The standard InChI is InChI=1S/C34H34N6O3S/c41-31-29(36-14-18-39-15-4-1-5-16-39)30(32(31)42)40-17-11-22-20-24(8-9-28(22)40)38-34(43)33-27(12-19-44-33)37-21-23-10-13-35-26-7-3-2-6-25(23)26/h2-3,6-10,12-13,19-20,36-37H,1,4-5,11,14-18,21H2,(H,38,43). The largest absolute Gasteiger partial charge is 0.380 e. The number of benzene rings is 2. The number of carbonyl (C=O) groups is 1. The van der Waals surface area contributed by atoms with E-state index in [1.54, 1.807) is 6.20 Å². The first-order valence-corrected chi connectivity index (χ1v) is 16.1. The van der Waals surface area contributed by atoms with Gasteiger partial charge in [0.25, 0.3) is 16.8 Å². The number of piperidine rings is 1. The van der Waals surface area contributed by atoms with Gasteiger partial charge in [-0.1, -0.05) is 24.6 Å². The summed E-state index contributed by atoms with van der Waals surface area (Å²) in [6.07, 6.45) is 6.24. The van der Waals surface area contributed by atoms with Crippen LogP contribution in [0.2, 0.25) is 0 Å². The molecule has 1 saturated heterocycles. The molecular weight excluding hydrogens is 572 g/mol. The van der Waals surface area contributed by atoms with E-state index in [0.717, 1.165) is 59.5 Å². The van der Waals surface area contributed by atoms with Crippen LogP contribution in [0.3, 0.4) is 0 Å². The lowest BCUT2D eigenvalue weighted by atomic mass is 10.1. The first-order valence-electron chi connectivity index (χ1n) is 15.2. The van der Waals surface area contributed by atoms with Crippen molar-refractivity contribution in [3.63, 3.8) is 0 Å². The quantitative estimate of drug-likeness (QED) is 0.183. The average Bonchev–Trinajstić information content (AvgIpc) is 3.70. The Morgan fingerprint density at radius 1 is 0.932 bits per heavy atom. The molecule has 0 radical (unpaired) electrons. The van der Waals surface area contributed by atoms with E-state index in [4.69, 9.17) is 0 Å². The third kappa shape index (κ3) is 5.46. The summed E-state index contributed by atoms with van der Waals surface area (Å²) in [7, 11) is 0. The normalized spacial score (nSPS) is 15.0. The van der Waals surface area contributed by atoms with Gasteiger partial charge in [-0.2, -0.15) is 0 Å². The fraction of sp³-hybridized carbons (Fsp3) is 0.294. The summed E-state index contributed by atoms with van der Waals surface area (Å²) in [6, 6.07) is 17.7. The van der Waals surface area contributed by atoms with Crippen LogP contribution < -0.4 is 31.7 Å². The molecule has 9 nitrogen and oxygen atoms in total. The minimum absolute atomic E-state index is 0.181. The van der Waals surface area contributed by atoms with Crippen LogP contribution in [0.25, 0.3) is 10.9 Å². The second-order valence-corrected chi connectivity index (χ2v) is 12.3. The lowest BCUT2D eigenvalue weighted by Crippen LogP contribution is -2.42. The number of aromatic nitrogens is 1. The fourth-order valence-corrected chi connectivity index (χ4v) is 7.11. The lowest BCUT2D eigenvalue weighted by Gasteiger charge is -2.28. The molecule has 2 aromatic heterocycles. The van der Waals surface area contributed by atoms with E-state index in [0.29, 0.717) is 41.6 Å². The Morgan fingerprint density at radius 2 is 1.80 bits per heavy atom. The highest BCUT2D eigenvalue weighted by molar-refractivity contribution is 7.12. The molecule has 0 saturated carbocycles. The van der Waals surface area contributed by atoms with Gasteiger partial charge in [-0.3, -0.25) is 19.4 Å². The second kappa shape index (κ2) is 12.2. The van der Waals surface area contributed by atoms with Gasteiger partial charge in [-0.25, -0.2) is 0 Å². The van der Waals surface area contributed by atoms with E-state index >= 15 is 0 Å². The summed E-state index contributed by atoms with van der Waals surface area (Å²) in [5, 5.41) is 12.7. The molecule has 0 atom stereocenters. The number of para-hydroxylation sites is 1. The molecule has 224 valence electrons. The van der Waals surface area contributed by atoms with E-state index in [-0.39, 0.29) is 5.91 Å². The zero-order chi connectivity index (χ0) is 30.0. The van der Waals surface area contributed by atoms with Crippen LogP contribution in [0.5, 0.6) is 0 Å². The van der Waals surface area contributed by atoms with Crippen LogP contribution in [-0.4, -0.2) is 48.5 Å². The number of thiophene rings is 1. The fourth-order valence-electron chi connectivity index (χ4n) is 6.35. The molecule has 0 aliphatic carbocycles. The number of amides is 1. The van der Waals surface area contributed by atoms with E-state index in [1.807, 2.05) is 58.8 Å². The Labute approximate surface area is 259 Å². The number of nitrogens with zero attached hydrogens (tertiary/aromatic N) is 3. The number of fused-ring (bicyclic) bond motifs is 2. The van der Waals surface area contributed by atoms with Gasteiger partial charge < -0.3 is 25.8 Å². The summed E-state index contributed by atoms with van der Waals surface area (Å²) < 4.78 is 0. The van der Waals surface area contributed by atoms with Gasteiger partial charge in [0.1, 0.15) is 16.3 Å². The minimum atomic E-state index is -0.437. The van der Waals surface area contributed by atoms with Crippen molar-refractivity contribution >= 4 is 56.6 Å². The highest BCUT2D eigenvalue weighted by atomic mass is 32.1. The van der Waals surface area contributed by atoms with Crippen molar-refractivity contribution in [1.82, 2.24) is 9.88 Å². The number of hydrogen-bond acceptors (Lipinski definition) is 9. The maximum Gasteiger partial charge on any atom is 0.267 e. The van der Waals surface area contributed by atoms with Gasteiger partial charge in [0.05, 0.1) is 11.2 Å². The van der Waals surface area contributed by atoms with E-state index < -0.39 is 10.9 Å². The first-order chi connectivity index (χ1) is 21.6. The van der Waals surface area contributed by atoms with Gasteiger partial charge in [0, 0.05) is 49.1 Å². The summed E-state index contributed by atoms with van der Waals surface area (Å²) in [5.41, 5.74) is 5.47. The molecular formula is C34H34N6O3S. The van der Waals surface area contributed by atoms with Crippen molar-refractivity contribution in [2.75, 3.05) is 53.6 Å². The van der Waals surface area contributed by atoms with Crippen molar-refractivity contribution < 1.29 is 4.79 Å². The predicted octanol–water partition coefficient (Wildman–Crippen LogP) is 5.35. The second-order valence-electron chi connectivity index (χ2n) is 11.4. The Balaban J connectivity index is 1.01. The number of nitrogens with one attached hydrogen (secondary N) is 3. The molecule has 1 amide bonds. The summed E-state index contributed by atoms with van der Waals surface area (Å²) >= 11 is 1.39. The van der Waals surface area contributed by atoms with Crippen molar-refractivity contribution in [2.45, 2.75) is 32.2 Å². The van der Waals surface area contributed by atoms with Crippen molar-refractivity contribution in [3.05, 3.63) is 103 Å². The molecule has 3 N–H and O–H groups in total. The Bertz CT molecular complexity index is 1900. The average molecular weight is 607 g/mol. The lowest BCUT2D eigenvalue weighted by molar-refractivity contribution is 0.103. The van der Waals surface area contributed by atoms with Crippen LogP contribution in [-0.2, 0) is 13.0 Å². The number of carbonyl (C=O) groups excluding carboxylic acids is 1. The van der Waals surface area contributed by atoms with E-state index in [9.17, 15) is 14.4 Å². The van der Waals surface area contributed by atoms with Gasteiger partial charge >= 0.3 is 0 Å². The third-order valence-electron chi connectivity index (χ3n) is 8.65. The number of pyridine rings is 1. The molecule has 2 aliphatic rings.